The van der Waals surface area contributed by atoms with Crippen LogP contribution in [0.15, 0.2) is 24.3 Å². The first-order valence-corrected chi connectivity index (χ1v) is 7.18. The van der Waals surface area contributed by atoms with Gasteiger partial charge in [0.05, 0.1) is 13.0 Å². The fraction of sp³-hybridized carbons (Fsp3) is 0.529. The summed E-state index contributed by atoms with van der Waals surface area (Å²) in [5.41, 5.74) is -0.246. The van der Waals surface area contributed by atoms with Gasteiger partial charge in [0.25, 0.3) is 0 Å². The monoisotopic (exact) mass is 290 g/mol. The second-order valence-corrected chi connectivity index (χ2v) is 6.36. The molecule has 0 radical (unpaired) electrons. The molecule has 21 heavy (non-hydrogen) atoms. The Bertz CT molecular complexity index is 542. The van der Waals surface area contributed by atoms with Gasteiger partial charge in [0.15, 0.2) is 5.78 Å². The predicted molar refractivity (Wildman–Crippen MR) is 78.9 cm³/mol. The van der Waals surface area contributed by atoms with E-state index in [9.17, 15) is 9.59 Å². The molecular weight excluding hydrogens is 268 g/mol. The van der Waals surface area contributed by atoms with Crippen LogP contribution in [0, 0.1) is 17.3 Å². The van der Waals surface area contributed by atoms with Gasteiger partial charge in [0.2, 0.25) is 0 Å². The molecule has 0 spiro atoms. The first kappa shape index (κ1) is 15.5. The zero-order valence-electron chi connectivity index (χ0n) is 13.2. The van der Waals surface area contributed by atoms with E-state index >= 15 is 0 Å². The van der Waals surface area contributed by atoms with Crippen molar-refractivity contribution >= 4 is 11.8 Å². The van der Waals surface area contributed by atoms with Gasteiger partial charge in [0, 0.05) is 0 Å². The molecule has 1 aliphatic rings. The SMILES string of the molecule is COc1ccc(C2OC(=O)C(C)(C)C(=O)C2C(C)C)cc1. The molecule has 1 fully saturated rings. The molecule has 0 amide bonds. The maximum Gasteiger partial charge on any atom is 0.319 e. The maximum atomic E-state index is 12.7. The largest absolute Gasteiger partial charge is 0.497 e. The number of Topliss-reactive ketones (excluding diaryl/α,β-unsaturated/α-hetero) is 1. The van der Waals surface area contributed by atoms with Crippen LogP contribution in [0.1, 0.15) is 39.4 Å². The molecule has 2 atom stereocenters. The van der Waals surface area contributed by atoms with Crippen LogP contribution in [0.4, 0.5) is 0 Å². The highest BCUT2D eigenvalue weighted by Gasteiger charge is 2.51. The zero-order chi connectivity index (χ0) is 15.8. The Morgan fingerprint density at radius 3 is 2.19 bits per heavy atom. The predicted octanol–water partition coefficient (Wildman–Crippen LogP) is 3.16. The number of cyclic esters (lactones) is 1. The molecule has 0 bridgehead atoms. The summed E-state index contributed by atoms with van der Waals surface area (Å²) in [5, 5.41) is 0. The lowest BCUT2D eigenvalue weighted by atomic mass is 9.71. The van der Waals surface area contributed by atoms with E-state index in [1.807, 2.05) is 38.1 Å². The molecule has 4 nitrogen and oxygen atoms in total. The lowest BCUT2D eigenvalue weighted by molar-refractivity contribution is -0.181. The smallest absolute Gasteiger partial charge is 0.319 e. The van der Waals surface area contributed by atoms with Crippen molar-refractivity contribution in [2.75, 3.05) is 7.11 Å². The van der Waals surface area contributed by atoms with Crippen molar-refractivity contribution in [2.24, 2.45) is 17.3 Å². The summed E-state index contributed by atoms with van der Waals surface area (Å²) in [6, 6.07) is 7.31. The summed E-state index contributed by atoms with van der Waals surface area (Å²) >= 11 is 0. The summed E-state index contributed by atoms with van der Waals surface area (Å²) in [6.45, 7) is 7.23. The number of hydrogen-bond acceptors (Lipinski definition) is 4. The molecule has 2 unspecified atom stereocenters. The average molecular weight is 290 g/mol. The van der Waals surface area contributed by atoms with Crippen LogP contribution < -0.4 is 4.74 Å². The second kappa shape index (κ2) is 5.51. The minimum atomic E-state index is -1.07. The second-order valence-electron chi connectivity index (χ2n) is 6.36. The molecule has 1 aliphatic heterocycles. The number of carbonyl (C=O) groups is 2. The number of carbonyl (C=O) groups excluding carboxylic acids is 2. The summed E-state index contributed by atoms with van der Waals surface area (Å²) < 4.78 is 10.7. The third kappa shape index (κ3) is 2.67. The molecule has 1 saturated heterocycles. The van der Waals surface area contributed by atoms with Gasteiger partial charge < -0.3 is 9.47 Å². The van der Waals surface area contributed by atoms with Gasteiger partial charge in [-0.2, -0.15) is 0 Å². The third-order valence-corrected chi connectivity index (χ3v) is 4.15. The number of ether oxygens (including phenoxy) is 2. The maximum absolute atomic E-state index is 12.7. The van der Waals surface area contributed by atoms with Crippen LogP contribution in [-0.2, 0) is 14.3 Å². The van der Waals surface area contributed by atoms with E-state index in [4.69, 9.17) is 9.47 Å². The van der Waals surface area contributed by atoms with Crippen molar-refractivity contribution in [3.63, 3.8) is 0 Å². The van der Waals surface area contributed by atoms with Crippen molar-refractivity contribution in [3.05, 3.63) is 29.8 Å². The topological polar surface area (TPSA) is 52.6 Å². The number of rotatable bonds is 3. The number of ketones is 1. The van der Waals surface area contributed by atoms with Crippen molar-refractivity contribution < 1.29 is 19.1 Å². The Morgan fingerprint density at radius 2 is 1.71 bits per heavy atom. The lowest BCUT2D eigenvalue weighted by Crippen LogP contribution is -2.49. The number of esters is 1. The average Bonchev–Trinajstić information content (AvgIpc) is 2.44. The summed E-state index contributed by atoms with van der Waals surface area (Å²) in [7, 11) is 1.60. The van der Waals surface area contributed by atoms with Crippen molar-refractivity contribution in [1.29, 1.82) is 0 Å². The lowest BCUT2D eigenvalue weighted by Gasteiger charge is -2.40. The Hall–Kier alpha value is -1.84. The zero-order valence-corrected chi connectivity index (χ0v) is 13.2. The van der Waals surface area contributed by atoms with E-state index in [-0.39, 0.29) is 17.6 Å². The Kier molecular flexibility index (Phi) is 4.08. The van der Waals surface area contributed by atoms with Gasteiger partial charge >= 0.3 is 5.97 Å². The fourth-order valence-electron chi connectivity index (χ4n) is 2.71. The van der Waals surface area contributed by atoms with Crippen LogP contribution in [-0.4, -0.2) is 18.9 Å². The highest BCUT2D eigenvalue weighted by molar-refractivity contribution is 6.06. The van der Waals surface area contributed by atoms with Crippen molar-refractivity contribution in [1.82, 2.24) is 0 Å². The van der Waals surface area contributed by atoms with Gasteiger partial charge in [-0.25, -0.2) is 0 Å². The van der Waals surface area contributed by atoms with E-state index in [1.165, 1.54) is 0 Å². The van der Waals surface area contributed by atoms with Gasteiger partial charge in [0.1, 0.15) is 17.3 Å². The highest BCUT2D eigenvalue weighted by atomic mass is 16.5. The van der Waals surface area contributed by atoms with Crippen LogP contribution in [0.25, 0.3) is 0 Å². The van der Waals surface area contributed by atoms with E-state index in [1.54, 1.807) is 21.0 Å². The van der Waals surface area contributed by atoms with Crippen molar-refractivity contribution in [3.8, 4) is 5.75 Å². The molecule has 114 valence electrons. The summed E-state index contributed by atoms with van der Waals surface area (Å²) in [6.07, 6.45) is -0.524. The Balaban J connectivity index is 2.40. The van der Waals surface area contributed by atoms with Crippen LogP contribution in [0.5, 0.6) is 5.75 Å². The standard InChI is InChI=1S/C17H22O4/c1-10(2)13-14(11-6-8-12(20-5)9-7-11)21-16(19)17(3,4)15(13)18/h6-10,13-14H,1-5H3. The van der Waals surface area contributed by atoms with Crippen LogP contribution in [0.3, 0.4) is 0 Å². The quantitative estimate of drug-likeness (QED) is 0.634. The fourth-order valence-corrected chi connectivity index (χ4v) is 2.71. The molecular formula is C17H22O4. The molecule has 2 rings (SSSR count). The molecule has 0 aliphatic carbocycles. The first-order chi connectivity index (χ1) is 9.78. The molecule has 1 aromatic rings. The normalized spacial score (nSPS) is 24.9. The Labute approximate surface area is 125 Å². The third-order valence-electron chi connectivity index (χ3n) is 4.15. The van der Waals surface area contributed by atoms with Crippen molar-refractivity contribution in [2.45, 2.75) is 33.8 Å². The van der Waals surface area contributed by atoms with Gasteiger partial charge in [-0.3, -0.25) is 9.59 Å². The molecule has 0 N–H and O–H groups in total. The number of methoxy groups -OCH3 is 1. The highest BCUT2D eigenvalue weighted by Crippen LogP contribution is 2.43. The van der Waals surface area contributed by atoms with Gasteiger partial charge in [-0.1, -0.05) is 26.0 Å². The number of benzene rings is 1. The van der Waals surface area contributed by atoms with E-state index < -0.39 is 17.5 Å². The Morgan fingerprint density at radius 1 is 1.14 bits per heavy atom. The molecule has 0 aromatic heterocycles. The molecule has 1 aromatic carbocycles. The van der Waals surface area contributed by atoms with Gasteiger partial charge in [-0.15, -0.1) is 0 Å². The van der Waals surface area contributed by atoms with Crippen LogP contribution in [0.2, 0.25) is 0 Å². The minimum absolute atomic E-state index is 0.0467. The molecule has 1 heterocycles. The number of hydrogen-bond donors (Lipinski definition) is 0. The molecule has 4 heteroatoms. The summed E-state index contributed by atoms with van der Waals surface area (Å²) in [4.78, 5) is 24.8. The molecule has 0 saturated carbocycles. The van der Waals surface area contributed by atoms with E-state index in [0.717, 1.165) is 11.3 Å². The van der Waals surface area contributed by atoms with Gasteiger partial charge in [-0.05, 0) is 37.5 Å². The van der Waals surface area contributed by atoms with Crippen LogP contribution >= 0.6 is 0 Å². The first-order valence-electron chi connectivity index (χ1n) is 7.18. The minimum Gasteiger partial charge on any atom is -0.497 e. The summed E-state index contributed by atoms with van der Waals surface area (Å²) in [5.74, 6) is -0.00324. The van der Waals surface area contributed by atoms with E-state index in [0.29, 0.717) is 0 Å². The van der Waals surface area contributed by atoms with E-state index in [2.05, 4.69) is 0 Å².